The van der Waals surface area contributed by atoms with E-state index in [2.05, 4.69) is 20.2 Å². The summed E-state index contributed by atoms with van der Waals surface area (Å²) in [6.07, 6.45) is 4.43. The van der Waals surface area contributed by atoms with E-state index in [1.54, 1.807) is 20.0 Å². The van der Waals surface area contributed by atoms with Gasteiger partial charge in [-0.05, 0) is 38.0 Å². The smallest absolute Gasteiger partial charge is 0.339 e. The number of H-pyrrole nitrogens is 1. The zero-order chi connectivity index (χ0) is 18.0. The van der Waals surface area contributed by atoms with Crippen LogP contribution in [0.2, 0.25) is 0 Å². The van der Waals surface area contributed by atoms with Crippen molar-refractivity contribution in [2.45, 2.75) is 26.3 Å². The molecule has 0 saturated carbocycles. The van der Waals surface area contributed by atoms with E-state index >= 15 is 0 Å². The number of anilines is 1. The van der Waals surface area contributed by atoms with E-state index in [0.29, 0.717) is 22.5 Å². The first kappa shape index (κ1) is 17.0. The molecular weight excluding hydrogens is 320 g/mol. The molecule has 1 saturated heterocycles. The van der Waals surface area contributed by atoms with Crippen molar-refractivity contribution in [1.82, 2.24) is 15.3 Å². The number of methoxy groups -OCH3 is 1. The predicted molar refractivity (Wildman–Crippen MR) is 93.9 cm³/mol. The molecule has 1 amide bonds. The number of hydrogen-bond acceptors (Lipinski definition) is 5. The number of carbonyl (C=O) groups is 2. The second-order valence-electron chi connectivity index (χ2n) is 6.23. The Bertz CT molecular complexity index is 785. The van der Waals surface area contributed by atoms with Crippen LogP contribution < -0.4 is 10.2 Å². The number of hydrogen-bond donors (Lipinski definition) is 2. The molecule has 1 atom stereocenters. The average molecular weight is 342 g/mol. The first-order valence-electron chi connectivity index (χ1n) is 8.24. The molecule has 0 unspecified atom stereocenters. The van der Waals surface area contributed by atoms with Crippen LogP contribution in [0.5, 0.6) is 0 Å². The lowest BCUT2D eigenvalue weighted by Gasteiger charge is -2.18. The van der Waals surface area contributed by atoms with Crippen molar-refractivity contribution in [3.8, 4) is 0 Å². The highest BCUT2D eigenvalue weighted by Crippen LogP contribution is 2.21. The first-order valence-corrected chi connectivity index (χ1v) is 8.24. The van der Waals surface area contributed by atoms with Gasteiger partial charge in [0.1, 0.15) is 5.69 Å². The van der Waals surface area contributed by atoms with Gasteiger partial charge in [0.05, 0.1) is 24.6 Å². The largest absolute Gasteiger partial charge is 0.465 e. The van der Waals surface area contributed by atoms with E-state index < -0.39 is 5.97 Å². The summed E-state index contributed by atoms with van der Waals surface area (Å²) < 4.78 is 4.78. The van der Waals surface area contributed by atoms with Crippen LogP contribution in [-0.4, -0.2) is 48.1 Å². The van der Waals surface area contributed by atoms with Crippen LogP contribution in [0.15, 0.2) is 24.5 Å². The fourth-order valence-electron chi connectivity index (χ4n) is 3.30. The van der Waals surface area contributed by atoms with Gasteiger partial charge < -0.3 is 19.9 Å². The second kappa shape index (κ2) is 6.96. The summed E-state index contributed by atoms with van der Waals surface area (Å²) in [5.74, 6) is -0.636. The van der Waals surface area contributed by atoms with Crippen molar-refractivity contribution in [1.29, 1.82) is 0 Å². The fraction of sp³-hybridized carbons (Fsp3) is 0.389. The molecule has 3 rings (SSSR count). The minimum Gasteiger partial charge on any atom is -0.465 e. The Kier molecular flexibility index (Phi) is 4.74. The number of aryl methyl sites for hydroxylation is 1. The molecule has 0 spiro atoms. The molecule has 0 radical (unpaired) electrons. The molecule has 0 aliphatic carbocycles. The molecule has 7 nitrogen and oxygen atoms in total. The number of pyridine rings is 1. The molecule has 1 fully saturated rings. The Morgan fingerprint density at radius 2 is 2.20 bits per heavy atom. The summed E-state index contributed by atoms with van der Waals surface area (Å²) in [6.45, 7) is 5.11. The Morgan fingerprint density at radius 1 is 1.40 bits per heavy atom. The summed E-state index contributed by atoms with van der Waals surface area (Å²) in [7, 11) is 1.33. The zero-order valence-electron chi connectivity index (χ0n) is 14.6. The highest BCUT2D eigenvalue weighted by molar-refractivity contribution is 6.00. The number of aromatic amines is 1. The first-order chi connectivity index (χ1) is 12.0. The van der Waals surface area contributed by atoms with Crippen molar-refractivity contribution in [3.05, 3.63) is 47.0 Å². The molecule has 2 aromatic heterocycles. The maximum Gasteiger partial charge on any atom is 0.339 e. The molecule has 25 heavy (non-hydrogen) atoms. The topological polar surface area (TPSA) is 87.3 Å². The quantitative estimate of drug-likeness (QED) is 0.828. The molecule has 0 aromatic carbocycles. The van der Waals surface area contributed by atoms with Gasteiger partial charge in [-0.15, -0.1) is 0 Å². The summed E-state index contributed by atoms with van der Waals surface area (Å²) in [5, 5.41) is 3.05. The maximum atomic E-state index is 12.6. The minimum atomic E-state index is -0.436. The Morgan fingerprint density at radius 3 is 2.88 bits per heavy atom. The number of amides is 1. The van der Waals surface area contributed by atoms with Gasteiger partial charge in [-0.3, -0.25) is 9.78 Å². The Labute approximate surface area is 146 Å². The molecular formula is C18H22N4O3. The predicted octanol–water partition coefficient (Wildman–Crippen LogP) is 1.82. The van der Waals surface area contributed by atoms with E-state index in [1.165, 1.54) is 7.11 Å². The van der Waals surface area contributed by atoms with E-state index in [-0.39, 0.29) is 11.9 Å². The number of carbonyl (C=O) groups excluding carboxylic acids is 2. The fourth-order valence-corrected chi connectivity index (χ4v) is 3.30. The van der Waals surface area contributed by atoms with Crippen LogP contribution in [0.3, 0.4) is 0 Å². The third kappa shape index (κ3) is 3.35. The molecule has 132 valence electrons. The number of esters is 1. The van der Waals surface area contributed by atoms with Crippen LogP contribution in [0, 0.1) is 13.8 Å². The van der Waals surface area contributed by atoms with Gasteiger partial charge >= 0.3 is 5.97 Å². The summed E-state index contributed by atoms with van der Waals surface area (Å²) >= 11 is 0. The number of nitrogens with zero attached hydrogens (tertiary/aromatic N) is 2. The third-order valence-electron chi connectivity index (χ3n) is 4.59. The normalized spacial score (nSPS) is 16.8. The third-order valence-corrected chi connectivity index (χ3v) is 4.59. The summed E-state index contributed by atoms with van der Waals surface area (Å²) in [4.78, 5) is 33.8. The van der Waals surface area contributed by atoms with Crippen molar-refractivity contribution < 1.29 is 14.3 Å². The Hall–Kier alpha value is -2.83. The zero-order valence-corrected chi connectivity index (χ0v) is 14.6. The van der Waals surface area contributed by atoms with Gasteiger partial charge in [-0.1, -0.05) is 0 Å². The summed E-state index contributed by atoms with van der Waals surface area (Å²) in [5.41, 5.74) is 3.15. The minimum absolute atomic E-state index is 0.0530. The van der Waals surface area contributed by atoms with Gasteiger partial charge in [0, 0.05) is 31.0 Å². The lowest BCUT2D eigenvalue weighted by atomic mass is 10.1. The van der Waals surface area contributed by atoms with Crippen LogP contribution in [0.25, 0.3) is 0 Å². The lowest BCUT2D eigenvalue weighted by Crippen LogP contribution is -2.37. The van der Waals surface area contributed by atoms with Crippen molar-refractivity contribution in [3.63, 3.8) is 0 Å². The van der Waals surface area contributed by atoms with Crippen molar-refractivity contribution in [2.24, 2.45) is 0 Å². The van der Waals surface area contributed by atoms with Crippen molar-refractivity contribution >= 4 is 17.6 Å². The van der Waals surface area contributed by atoms with Crippen LogP contribution in [0.4, 0.5) is 5.69 Å². The van der Waals surface area contributed by atoms with E-state index in [4.69, 9.17) is 4.74 Å². The average Bonchev–Trinajstić information content (AvgIpc) is 3.19. The molecule has 1 aliphatic rings. The second-order valence-corrected chi connectivity index (χ2v) is 6.23. The van der Waals surface area contributed by atoms with Gasteiger partial charge in [0.15, 0.2) is 0 Å². The van der Waals surface area contributed by atoms with Crippen LogP contribution in [-0.2, 0) is 4.74 Å². The van der Waals surface area contributed by atoms with Crippen molar-refractivity contribution in [2.75, 3.05) is 25.1 Å². The Balaban J connectivity index is 1.69. The van der Waals surface area contributed by atoms with Gasteiger partial charge in [0.2, 0.25) is 0 Å². The monoisotopic (exact) mass is 342 g/mol. The van der Waals surface area contributed by atoms with Crippen LogP contribution >= 0.6 is 0 Å². The highest BCUT2D eigenvalue weighted by Gasteiger charge is 2.27. The van der Waals surface area contributed by atoms with Crippen LogP contribution in [0.1, 0.15) is 38.5 Å². The maximum absolute atomic E-state index is 12.6. The van der Waals surface area contributed by atoms with Gasteiger partial charge in [-0.2, -0.15) is 0 Å². The SMILES string of the molecule is COC(=O)c1c(C)[nH]c(C(=O)N[C@@H]2CCN(c3cccnc3)C2)c1C. The van der Waals surface area contributed by atoms with Gasteiger partial charge in [0.25, 0.3) is 5.91 Å². The highest BCUT2D eigenvalue weighted by atomic mass is 16.5. The molecule has 2 aromatic rings. The molecule has 0 bridgehead atoms. The number of nitrogens with one attached hydrogen (secondary N) is 2. The molecule has 1 aliphatic heterocycles. The number of ether oxygens (including phenoxy) is 1. The number of rotatable bonds is 4. The molecule has 7 heteroatoms. The molecule has 3 heterocycles. The number of aromatic nitrogens is 2. The standard InChI is InChI=1S/C18H22N4O3/c1-11-15(18(24)25-3)12(2)20-16(11)17(23)21-13-6-8-22(10-13)14-5-4-7-19-9-14/h4-5,7,9,13,20H,6,8,10H2,1-3H3,(H,21,23)/t13-/m1/s1. The van der Waals surface area contributed by atoms with Gasteiger partial charge in [-0.25, -0.2) is 4.79 Å². The van der Waals surface area contributed by atoms with E-state index in [9.17, 15) is 9.59 Å². The van der Waals surface area contributed by atoms with E-state index in [1.807, 2.05) is 18.3 Å². The summed E-state index contributed by atoms with van der Waals surface area (Å²) in [6, 6.07) is 3.97. The van der Waals surface area contributed by atoms with E-state index in [0.717, 1.165) is 25.2 Å². The molecule has 2 N–H and O–H groups in total. The lowest BCUT2D eigenvalue weighted by molar-refractivity contribution is 0.0599.